The molecule has 1 N–H and O–H groups in total. The van der Waals surface area contributed by atoms with Crippen molar-refractivity contribution in [3.05, 3.63) is 94.3 Å². The molecule has 4 aromatic rings. The number of hydrogen-bond donors (Lipinski definition) is 1. The summed E-state index contributed by atoms with van der Waals surface area (Å²) in [5, 5.41) is 18.1. The summed E-state index contributed by atoms with van der Waals surface area (Å²) in [6, 6.07) is 18.5. The van der Waals surface area contributed by atoms with E-state index in [1.54, 1.807) is 42.5 Å². The Morgan fingerprint density at radius 3 is 2.54 bits per heavy atom. The Hall–Kier alpha value is -4.60. The van der Waals surface area contributed by atoms with Gasteiger partial charge in [-0.25, -0.2) is 9.07 Å². The molecule has 178 valence electrons. The zero-order valence-electron chi connectivity index (χ0n) is 19.0. The SMILES string of the molecule is CC(C)COc1nc(-c2ccccc2F)n(-c2ccc(NC(=O)c3cccc([N+](=O)[O-])c3)cc2)n1. The fourth-order valence-corrected chi connectivity index (χ4v) is 3.24. The van der Waals surface area contributed by atoms with Gasteiger partial charge < -0.3 is 10.1 Å². The predicted molar refractivity (Wildman–Crippen MR) is 128 cm³/mol. The number of nitro benzene ring substituents is 1. The van der Waals surface area contributed by atoms with Gasteiger partial charge in [0.25, 0.3) is 11.6 Å². The molecule has 35 heavy (non-hydrogen) atoms. The first-order chi connectivity index (χ1) is 16.8. The van der Waals surface area contributed by atoms with E-state index in [1.165, 1.54) is 35.0 Å². The van der Waals surface area contributed by atoms with Crippen molar-refractivity contribution in [2.75, 3.05) is 11.9 Å². The van der Waals surface area contributed by atoms with E-state index >= 15 is 0 Å². The lowest BCUT2D eigenvalue weighted by atomic mass is 10.2. The maximum absolute atomic E-state index is 14.5. The molecule has 1 amide bonds. The second kappa shape index (κ2) is 10.1. The third-order valence-corrected chi connectivity index (χ3v) is 4.94. The number of halogens is 1. The molecule has 10 heteroatoms. The number of rotatable bonds is 8. The molecule has 0 radical (unpaired) electrons. The molecule has 0 fully saturated rings. The molecule has 0 bridgehead atoms. The summed E-state index contributed by atoms with van der Waals surface area (Å²) in [5.74, 6) is -0.404. The Morgan fingerprint density at radius 2 is 1.86 bits per heavy atom. The summed E-state index contributed by atoms with van der Waals surface area (Å²) in [6.45, 7) is 4.40. The molecule has 0 aliphatic rings. The van der Waals surface area contributed by atoms with Crippen molar-refractivity contribution >= 4 is 17.3 Å². The Labute approximate surface area is 200 Å². The van der Waals surface area contributed by atoms with Crippen molar-refractivity contribution in [3.63, 3.8) is 0 Å². The first kappa shape index (κ1) is 23.6. The van der Waals surface area contributed by atoms with Crippen LogP contribution >= 0.6 is 0 Å². The average Bonchev–Trinajstić information content (AvgIpc) is 3.27. The minimum Gasteiger partial charge on any atom is -0.462 e. The second-order valence-electron chi connectivity index (χ2n) is 8.12. The van der Waals surface area contributed by atoms with Crippen LogP contribution in [0.1, 0.15) is 24.2 Å². The number of hydrogen-bond acceptors (Lipinski definition) is 6. The summed E-state index contributed by atoms with van der Waals surface area (Å²) in [6.07, 6.45) is 0. The molecule has 9 nitrogen and oxygen atoms in total. The molecular formula is C25H22FN5O4. The number of carbonyl (C=O) groups excluding carboxylic acids is 1. The number of anilines is 1. The third-order valence-electron chi connectivity index (χ3n) is 4.94. The zero-order chi connectivity index (χ0) is 24.9. The summed E-state index contributed by atoms with van der Waals surface area (Å²) in [5.41, 5.74) is 1.30. The molecule has 0 saturated carbocycles. The van der Waals surface area contributed by atoms with Crippen molar-refractivity contribution in [2.45, 2.75) is 13.8 Å². The average molecular weight is 475 g/mol. The lowest BCUT2D eigenvalue weighted by Gasteiger charge is -2.09. The monoisotopic (exact) mass is 475 g/mol. The van der Waals surface area contributed by atoms with Crippen LogP contribution in [0.15, 0.2) is 72.8 Å². The van der Waals surface area contributed by atoms with Gasteiger partial charge in [-0.2, -0.15) is 4.98 Å². The highest BCUT2D eigenvalue weighted by Gasteiger charge is 2.18. The Morgan fingerprint density at radius 1 is 1.11 bits per heavy atom. The number of benzene rings is 3. The number of nitrogens with one attached hydrogen (secondary N) is 1. The standard InChI is InChI=1S/C25H22FN5O4/c1-16(2)15-35-25-28-23(21-8-3-4-9-22(21)26)30(29-25)19-12-10-18(11-13-19)27-24(32)17-6-5-7-20(14-17)31(33)34/h3-14,16H,15H2,1-2H3,(H,27,32). The molecule has 4 rings (SSSR count). The number of nitrogens with zero attached hydrogens (tertiary/aromatic N) is 4. The second-order valence-corrected chi connectivity index (χ2v) is 8.12. The molecule has 0 aliphatic heterocycles. The fraction of sp³-hybridized carbons (Fsp3) is 0.160. The van der Waals surface area contributed by atoms with Crippen LogP contribution in [0.3, 0.4) is 0 Å². The van der Waals surface area contributed by atoms with Crippen LogP contribution in [0.2, 0.25) is 0 Å². The van der Waals surface area contributed by atoms with E-state index in [-0.39, 0.29) is 34.6 Å². The smallest absolute Gasteiger partial charge is 0.336 e. The van der Waals surface area contributed by atoms with Crippen molar-refractivity contribution in [1.82, 2.24) is 14.8 Å². The Bertz CT molecular complexity index is 1370. The zero-order valence-corrected chi connectivity index (χ0v) is 19.0. The van der Waals surface area contributed by atoms with Crippen LogP contribution in [0.25, 0.3) is 17.1 Å². The number of amides is 1. The van der Waals surface area contributed by atoms with Gasteiger partial charge in [-0.3, -0.25) is 14.9 Å². The van der Waals surface area contributed by atoms with Gasteiger partial charge in [0.05, 0.1) is 22.8 Å². The summed E-state index contributed by atoms with van der Waals surface area (Å²) >= 11 is 0. The first-order valence-electron chi connectivity index (χ1n) is 10.8. The van der Waals surface area contributed by atoms with Gasteiger partial charge in [0.1, 0.15) is 5.82 Å². The molecule has 0 unspecified atom stereocenters. The van der Waals surface area contributed by atoms with E-state index in [0.29, 0.717) is 18.0 Å². The highest BCUT2D eigenvalue weighted by Crippen LogP contribution is 2.27. The van der Waals surface area contributed by atoms with E-state index in [9.17, 15) is 19.3 Å². The van der Waals surface area contributed by atoms with Crippen molar-refractivity contribution in [3.8, 4) is 23.1 Å². The van der Waals surface area contributed by atoms with Crippen LogP contribution in [0.5, 0.6) is 6.01 Å². The van der Waals surface area contributed by atoms with Gasteiger partial charge in [-0.05, 0) is 48.4 Å². The van der Waals surface area contributed by atoms with Gasteiger partial charge in [-0.15, -0.1) is 5.10 Å². The topological polar surface area (TPSA) is 112 Å². The minimum absolute atomic E-state index is 0.125. The van der Waals surface area contributed by atoms with Gasteiger partial charge >= 0.3 is 6.01 Å². The summed E-state index contributed by atoms with van der Waals surface area (Å²) in [7, 11) is 0. The predicted octanol–water partition coefficient (Wildman–Crippen LogP) is 5.27. The Kier molecular flexibility index (Phi) is 6.81. The molecule has 0 atom stereocenters. The van der Waals surface area contributed by atoms with Crippen LogP contribution in [0, 0.1) is 21.8 Å². The normalized spacial score (nSPS) is 10.9. The number of carbonyl (C=O) groups is 1. The van der Waals surface area contributed by atoms with E-state index in [1.807, 2.05) is 13.8 Å². The number of non-ortho nitro benzene ring substituents is 1. The van der Waals surface area contributed by atoms with Crippen molar-refractivity contribution in [2.24, 2.45) is 5.92 Å². The highest BCUT2D eigenvalue weighted by atomic mass is 19.1. The van der Waals surface area contributed by atoms with Crippen LogP contribution in [-0.2, 0) is 0 Å². The van der Waals surface area contributed by atoms with E-state index in [0.717, 1.165) is 0 Å². The number of ether oxygens (including phenoxy) is 1. The van der Waals surface area contributed by atoms with E-state index in [4.69, 9.17) is 4.74 Å². The molecule has 0 spiro atoms. The van der Waals surface area contributed by atoms with Gasteiger partial charge in [0.2, 0.25) is 0 Å². The minimum atomic E-state index is -0.560. The molecule has 0 saturated heterocycles. The van der Waals surface area contributed by atoms with Crippen LogP contribution in [-0.4, -0.2) is 32.2 Å². The third kappa shape index (κ3) is 5.49. The lowest BCUT2D eigenvalue weighted by Crippen LogP contribution is -2.12. The van der Waals surface area contributed by atoms with Gasteiger partial charge in [0.15, 0.2) is 5.82 Å². The number of aromatic nitrogens is 3. The maximum atomic E-state index is 14.5. The molecular weight excluding hydrogens is 453 g/mol. The lowest BCUT2D eigenvalue weighted by molar-refractivity contribution is -0.384. The number of nitro groups is 1. The quantitative estimate of drug-likeness (QED) is 0.274. The first-order valence-corrected chi connectivity index (χ1v) is 10.8. The van der Waals surface area contributed by atoms with Crippen LogP contribution < -0.4 is 10.1 Å². The van der Waals surface area contributed by atoms with Crippen molar-refractivity contribution < 1.29 is 18.8 Å². The Balaban J connectivity index is 1.61. The summed E-state index contributed by atoms with van der Waals surface area (Å²) < 4.78 is 21.7. The van der Waals surface area contributed by atoms with Crippen molar-refractivity contribution in [1.29, 1.82) is 0 Å². The maximum Gasteiger partial charge on any atom is 0.336 e. The highest BCUT2D eigenvalue weighted by molar-refractivity contribution is 6.04. The molecule has 1 heterocycles. The largest absolute Gasteiger partial charge is 0.462 e. The van der Waals surface area contributed by atoms with E-state index < -0.39 is 16.6 Å². The summed E-state index contributed by atoms with van der Waals surface area (Å²) in [4.78, 5) is 27.3. The van der Waals surface area contributed by atoms with Crippen LogP contribution in [0.4, 0.5) is 15.8 Å². The molecule has 0 aliphatic carbocycles. The molecule has 3 aromatic carbocycles. The van der Waals surface area contributed by atoms with Gasteiger partial charge in [-0.1, -0.05) is 32.0 Å². The van der Waals surface area contributed by atoms with Gasteiger partial charge in [0, 0.05) is 23.4 Å². The fourth-order valence-electron chi connectivity index (χ4n) is 3.24. The van der Waals surface area contributed by atoms with E-state index in [2.05, 4.69) is 15.4 Å². The molecule has 1 aromatic heterocycles.